The molecule has 0 saturated carbocycles. The predicted molar refractivity (Wildman–Crippen MR) is 150 cm³/mol. The van der Waals surface area contributed by atoms with E-state index in [1.807, 2.05) is 69.4 Å². The molecule has 37 heavy (non-hydrogen) atoms. The third-order valence-corrected chi connectivity index (χ3v) is 5.31. The van der Waals surface area contributed by atoms with Gasteiger partial charge < -0.3 is 30.0 Å². The Morgan fingerprint density at radius 3 is 2.65 bits per heavy atom. The molecule has 194 valence electrons. The summed E-state index contributed by atoms with van der Waals surface area (Å²) in [5.74, 6) is 1.03. The van der Waals surface area contributed by atoms with Crippen molar-refractivity contribution >= 4 is 34.1 Å². The second-order valence-corrected chi connectivity index (χ2v) is 8.03. The molecule has 4 rings (SSSR count). The summed E-state index contributed by atoms with van der Waals surface area (Å²) in [5.41, 5.74) is 3.82. The number of ether oxygens (including phenoxy) is 2. The molecular formula is C28H34N6O3. The molecule has 2 aromatic heterocycles. The second kappa shape index (κ2) is 13.1. The molecule has 0 aliphatic rings. The average Bonchev–Trinajstić information content (AvgIpc) is 3.35. The van der Waals surface area contributed by atoms with Gasteiger partial charge in [0.1, 0.15) is 18.1 Å². The van der Waals surface area contributed by atoms with E-state index in [0.717, 1.165) is 22.2 Å². The van der Waals surface area contributed by atoms with Gasteiger partial charge in [-0.2, -0.15) is 0 Å². The van der Waals surface area contributed by atoms with Crippen LogP contribution < -0.4 is 20.1 Å². The van der Waals surface area contributed by atoms with Gasteiger partial charge in [-0.05, 0) is 38.4 Å². The maximum atomic E-state index is 12.1. The number of fused-ring (bicyclic) bond motifs is 1. The lowest BCUT2D eigenvalue weighted by molar-refractivity contribution is -0.111. The Labute approximate surface area is 217 Å². The molecule has 9 nitrogen and oxygen atoms in total. The number of hydrogen-bond acceptors (Lipinski definition) is 7. The van der Waals surface area contributed by atoms with Crippen molar-refractivity contribution in [2.45, 2.75) is 13.8 Å². The molecule has 2 heterocycles. The van der Waals surface area contributed by atoms with E-state index in [0.29, 0.717) is 42.0 Å². The molecule has 2 aromatic carbocycles. The molecule has 1 amide bonds. The van der Waals surface area contributed by atoms with Gasteiger partial charge in [-0.15, -0.1) is 0 Å². The minimum absolute atomic E-state index is 0.351. The highest BCUT2D eigenvalue weighted by Gasteiger charge is 2.15. The van der Waals surface area contributed by atoms with Gasteiger partial charge in [-0.3, -0.25) is 4.79 Å². The highest BCUT2D eigenvalue weighted by Crippen LogP contribution is 2.38. The Kier molecular flexibility index (Phi) is 9.62. The van der Waals surface area contributed by atoms with Crippen LogP contribution in [0.4, 0.5) is 17.3 Å². The summed E-state index contributed by atoms with van der Waals surface area (Å²) in [6, 6.07) is 13.3. The zero-order valence-electron chi connectivity index (χ0n) is 22.0. The predicted octanol–water partition coefficient (Wildman–Crippen LogP) is 5.47. The number of benzene rings is 2. The van der Waals surface area contributed by atoms with Crippen molar-refractivity contribution < 1.29 is 14.3 Å². The van der Waals surface area contributed by atoms with E-state index in [2.05, 4.69) is 27.2 Å². The second-order valence-electron chi connectivity index (χ2n) is 8.03. The first-order valence-electron chi connectivity index (χ1n) is 12.1. The zero-order chi connectivity index (χ0) is 26.8. The molecule has 0 bridgehead atoms. The van der Waals surface area contributed by atoms with Crippen LogP contribution in [-0.2, 0) is 4.79 Å². The fourth-order valence-corrected chi connectivity index (χ4v) is 3.54. The number of hydrogen-bond donors (Lipinski definition) is 3. The van der Waals surface area contributed by atoms with Crippen LogP contribution in [0.25, 0.3) is 22.2 Å². The zero-order valence-corrected chi connectivity index (χ0v) is 22.0. The highest BCUT2D eigenvalue weighted by atomic mass is 16.5. The molecule has 0 fully saturated rings. The van der Waals surface area contributed by atoms with Gasteiger partial charge >= 0.3 is 0 Å². The molecule has 0 atom stereocenters. The van der Waals surface area contributed by atoms with Gasteiger partial charge in [0.2, 0.25) is 11.9 Å². The summed E-state index contributed by atoms with van der Waals surface area (Å²) >= 11 is 0. The maximum absolute atomic E-state index is 12.1. The summed E-state index contributed by atoms with van der Waals surface area (Å²) in [4.78, 5) is 26.4. The van der Waals surface area contributed by atoms with Crippen LogP contribution in [0.5, 0.6) is 11.5 Å². The molecule has 0 saturated heterocycles. The van der Waals surface area contributed by atoms with Crippen LogP contribution in [0.2, 0.25) is 0 Å². The third-order valence-electron chi connectivity index (χ3n) is 5.31. The summed E-state index contributed by atoms with van der Waals surface area (Å²) in [7, 11) is 5.48. The molecule has 0 aliphatic carbocycles. The monoisotopic (exact) mass is 502 g/mol. The number of anilines is 3. The minimum atomic E-state index is -0.351. The van der Waals surface area contributed by atoms with Crippen LogP contribution in [0.1, 0.15) is 13.8 Å². The summed E-state index contributed by atoms with van der Waals surface area (Å²) in [6.07, 6.45) is 4.83. The molecule has 9 heteroatoms. The quantitative estimate of drug-likeness (QED) is 0.247. The SMILES string of the molecule is C=CC(=O)Nc1cc(Nc2nccc(-c3c[nH]c4ccccc34)n2)c(OC)cc1OCCN(C)C.CC. The van der Waals surface area contributed by atoms with E-state index in [1.54, 1.807) is 25.4 Å². The van der Waals surface area contributed by atoms with Gasteiger partial charge in [0.05, 0.1) is 24.2 Å². The molecule has 4 aromatic rings. The lowest BCUT2D eigenvalue weighted by Gasteiger charge is -2.18. The molecule has 0 radical (unpaired) electrons. The Hall–Kier alpha value is -4.37. The molecule has 0 spiro atoms. The van der Waals surface area contributed by atoms with E-state index < -0.39 is 0 Å². The van der Waals surface area contributed by atoms with Gasteiger partial charge in [0.15, 0.2) is 0 Å². The van der Waals surface area contributed by atoms with Gasteiger partial charge in [0, 0.05) is 41.5 Å². The fraction of sp³-hybridized carbons (Fsp3) is 0.250. The standard InChI is InChI=1S/C26H28N6O3.C2H6/c1-5-25(33)29-22-14-21(23(34-4)15-24(22)35-13-12-32(2)3)31-26-27-11-10-20(30-26)18-16-28-19-9-7-6-8-17(18)19;1-2/h5-11,14-16,28H,1,12-13H2,2-4H3,(H,29,33)(H,27,30,31);1-2H3. The number of amides is 1. The van der Waals surface area contributed by atoms with E-state index in [4.69, 9.17) is 14.5 Å². The topological polar surface area (TPSA) is 104 Å². The Bertz CT molecular complexity index is 1350. The number of likely N-dealkylation sites (N-methyl/N-ethyl adjacent to an activating group) is 1. The highest BCUT2D eigenvalue weighted by molar-refractivity contribution is 6.00. The summed E-state index contributed by atoms with van der Waals surface area (Å²) in [5, 5.41) is 7.07. The van der Waals surface area contributed by atoms with Crippen LogP contribution in [0.3, 0.4) is 0 Å². The number of para-hydroxylation sites is 1. The van der Waals surface area contributed by atoms with Crippen LogP contribution >= 0.6 is 0 Å². The van der Waals surface area contributed by atoms with E-state index in [1.165, 1.54) is 6.08 Å². The number of carbonyl (C=O) groups is 1. The number of aromatic nitrogens is 3. The van der Waals surface area contributed by atoms with Crippen molar-refractivity contribution in [3.05, 3.63) is 67.5 Å². The van der Waals surface area contributed by atoms with Crippen molar-refractivity contribution in [3.63, 3.8) is 0 Å². The van der Waals surface area contributed by atoms with Gasteiger partial charge in [0.25, 0.3) is 0 Å². The van der Waals surface area contributed by atoms with Crippen molar-refractivity contribution in [2.75, 3.05) is 45.0 Å². The largest absolute Gasteiger partial charge is 0.494 e. The fourth-order valence-electron chi connectivity index (χ4n) is 3.54. The van der Waals surface area contributed by atoms with Gasteiger partial charge in [-0.25, -0.2) is 9.97 Å². The Morgan fingerprint density at radius 1 is 1.14 bits per heavy atom. The lowest BCUT2D eigenvalue weighted by atomic mass is 10.1. The lowest BCUT2D eigenvalue weighted by Crippen LogP contribution is -2.20. The van der Waals surface area contributed by atoms with Crippen molar-refractivity contribution in [2.24, 2.45) is 0 Å². The number of H-pyrrole nitrogens is 1. The van der Waals surface area contributed by atoms with Crippen molar-refractivity contribution in [1.29, 1.82) is 0 Å². The summed E-state index contributed by atoms with van der Waals surface area (Å²) in [6.45, 7) is 8.68. The average molecular weight is 503 g/mol. The number of nitrogens with one attached hydrogen (secondary N) is 3. The van der Waals surface area contributed by atoms with Crippen LogP contribution in [0.15, 0.2) is 67.5 Å². The van der Waals surface area contributed by atoms with Crippen molar-refractivity contribution in [1.82, 2.24) is 19.9 Å². The number of methoxy groups -OCH3 is 1. The van der Waals surface area contributed by atoms with Crippen LogP contribution in [0, 0.1) is 0 Å². The van der Waals surface area contributed by atoms with E-state index in [-0.39, 0.29) is 5.91 Å². The van der Waals surface area contributed by atoms with Crippen molar-refractivity contribution in [3.8, 4) is 22.8 Å². The number of carbonyl (C=O) groups excluding carboxylic acids is 1. The number of aromatic amines is 1. The number of rotatable bonds is 10. The van der Waals surface area contributed by atoms with Gasteiger partial charge in [-0.1, -0.05) is 38.6 Å². The smallest absolute Gasteiger partial charge is 0.247 e. The van der Waals surface area contributed by atoms with E-state index in [9.17, 15) is 4.79 Å². The first-order valence-corrected chi connectivity index (χ1v) is 12.1. The minimum Gasteiger partial charge on any atom is -0.494 e. The Morgan fingerprint density at radius 2 is 1.92 bits per heavy atom. The Balaban J connectivity index is 0.00000186. The number of nitrogens with zero attached hydrogens (tertiary/aromatic N) is 3. The van der Waals surface area contributed by atoms with E-state index >= 15 is 0 Å². The molecule has 0 aliphatic heterocycles. The van der Waals surface area contributed by atoms with Crippen LogP contribution in [-0.4, -0.2) is 60.1 Å². The first-order chi connectivity index (χ1) is 18.0. The third kappa shape index (κ3) is 6.86. The first kappa shape index (κ1) is 27.2. The maximum Gasteiger partial charge on any atom is 0.247 e. The molecular weight excluding hydrogens is 468 g/mol. The summed E-state index contributed by atoms with van der Waals surface area (Å²) < 4.78 is 11.5. The molecule has 0 unspecified atom stereocenters. The normalized spacial score (nSPS) is 10.4. The molecule has 3 N–H and O–H groups in total.